The standard InChI is InChI=1S/C13H21NO2/c15-10-4-8-13(16)14-9-3-6-11-5-1-2-7-12(11)14/h10-12H,1-9H2. The van der Waals surface area contributed by atoms with Crippen molar-refractivity contribution in [2.75, 3.05) is 6.54 Å². The number of amides is 1. The number of piperidine rings is 1. The molecule has 2 atom stereocenters. The molecule has 2 rings (SSSR count). The van der Waals surface area contributed by atoms with E-state index >= 15 is 0 Å². The lowest BCUT2D eigenvalue weighted by Crippen LogP contribution is -2.49. The fourth-order valence-corrected chi connectivity index (χ4v) is 3.26. The van der Waals surface area contributed by atoms with E-state index in [0.29, 0.717) is 18.9 Å². The SMILES string of the molecule is O=CCCC(=O)N1CCCC2CCCCC21. The maximum atomic E-state index is 12.0. The molecule has 0 aromatic heterocycles. The lowest BCUT2D eigenvalue weighted by atomic mass is 9.78. The quantitative estimate of drug-likeness (QED) is 0.687. The van der Waals surface area contributed by atoms with Crippen molar-refractivity contribution in [3.05, 3.63) is 0 Å². The van der Waals surface area contributed by atoms with Crippen LogP contribution in [0.25, 0.3) is 0 Å². The molecule has 0 spiro atoms. The van der Waals surface area contributed by atoms with E-state index in [2.05, 4.69) is 4.90 Å². The van der Waals surface area contributed by atoms with E-state index in [0.717, 1.165) is 25.2 Å². The van der Waals surface area contributed by atoms with Gasteiger partial charge in [0.1, 0.15) is 6.29 Å². The zero-order valence-corrected chi connectivity index (χ0v) is 9.86. The van der Waals surface area contributed by atoms with Crippen LogP contribution in [0, 0.1) is 5.92 Å². The Morgan fingerprint density at radius 2 is 1.94 bits per heavy atom. The third kappa shape index (κ3) is 2.45. The molecule has 1 saturated heterocycles. The van der Waals surface area contributed by atoms with E-state index < -0.39 is 0 Å². The summed E-state index contributed by atoms with van der Waals surface area (Å²) in [6.45, 7) is 0.916. The Kier molecular flexibility index (Phi) is 3.97. The topological polar surface area (TPSA) is 37.4 Å². The number of rotatable bonds is 3. The second-order valence-corrected chi connectivity index (χ2v) is 5.05. The molecular formula is C13H21NO2. The fraction of sp³-hybridized carbons (Fsp3) is 0.846. The van der Waals surface area contributed by atoms with Gasteiger partial charge in [0.25, 0.3) is 0 Å². The van der Waals surface area contributed by atoms with E-state index in [-0.39, 0.29) is 5.91 Å². The summed E-state index contributed by atoms with van der Waals surface area (Å²) < 4.78 is 0. The molecule has 0 radical (unpaired) electrons. The molecule has 1 aliphatic carbocycles. The molecule has 2 fully saturated rings. The highest BCUT2D eigenvalue weighted by molar-refractivity contribution is 5.78. The van der Waals surface area contributed by atoms with Gasteiger partial charge in [-0.05, 0) is 31.6 Å². The molecular weight excluding hydrogens is 202 g/mol. The Hall–Kier alpha value is -0.860. The maximum Gasteiger partial charge on any atom is 0.223 e. The van der Waals surface area contributed by atoms with Crippen LogP contribution >= 0.6 is 0 Å². The van der Waals surface area contributed by atoms with Gasteiger partial charge in [-0.15, -0.1) is 0 Å². The second kappa shape index (κ2) is 5.46. The Balaban J connectivity index is 1.96. The van der Waals surface area contributed by atoms with Crippen molar-refractivity contribution in [3.8, 4) is 0 Å². The van der Waals surface area contributed by atoms with Gasteiger partial charge in [-0.3, -0.25) is 4.79 Å². The molecule has 0 aromatic carbocycles. The van der Waals surface area contributed by atoms with Crippen molar-refractivity contribution in [2.45, 2.75) is 57.4 Å². The summed E-state index contributed by atoms with van der Waals surface area (Å²) >= 11 is 0. The number of carbonyl (C=O) groups excluding carboxylic acids is 2. The summed E-state index contributed by atoms with van der Waals surface area (Å²) in [5.74, 6) is 0.936. The summed E-state index contributed by atoms with van der Waals surface area (Å²) in [5, 5.41) is 0. The van der Waals surface area contributed by atoms with Crippen molar-refractivity contribution in [1.82, 2.24) is 4.90 Å². The molecule has 90 valence electrons. The molecule has 2 unspecified atom stereocenters. The Morgan fingerprint density at radius 1 is 1.19 bits per heavy atom. The van der Waals surface area contributed by atoms with Gasteiger partial charge in [-0.1, -0.05) is 12.8 Å². The summed E-state index contributed by atoms with van der Waals surface area (Å²) in [7, 11) is 0. The highest BCUT2D eigenvalue weighted by Gasteiger charge is 2.35. The summed E-state index contributed by atoms with van der Waals surface area (Å²) in [5.41, 5.74) is 0. The second-order valence-electron chi connectivity index (χ2n) is 5.05. The zero-order chi connectivity index (χ0) is 11.4. The minimum atomic E-state index is 0.198. The highest BCUT2D eigenvalue weighted by atomic mass is 16.2. The van der Waals surface area contributed by atoms with Crippen LogP contribution in [0.2, 0.25) is 0 Å². The first-order valence-electron chi connectivity index (χ1n) is 6.56. The molecule has 1 aliphatic heterocycles. The van der Waals surface area contributed by atoms with Gasteiger partial charge in [0.05, 0.1) is 0 Å². The predicted molar refractivity (Wildman–Crippen MR) is 62.0 cm³/mol. The first kappa shape index (κ1) is 11.6. The number of hydrogen-bond acceptors (Lipinski definition) is 2. The maximum absolute atomic E-state index is 12.0. The van der Waals surface area contributed by atoms with Crippen molar-refractivity contribution < 1.29 is 9.59 Å². The molecule has 2 aliphatic rings. The largest absolute Gasteiger partial charge is 0.339 e. The average molecular weight is 223 g/mol. The van der Waals surface area contributed by atoms with Crippen LogP contribution in [0.3, 0.4) is 0 Å². The minimum absolute atomic E-state index is 0.198. The molecule has 0 bridgehead atoms. The van der Waals surface area contributed by atoms with Crippen LogP contribution in [0.4, 0.5) is 0 Å². The lowest BCUT2D eigenvalue weighted by molar-refractivity contribution is -0.138. The van der Waals surface area contributed by atoms with Crippen molar-refractivity contribution in [3.63, 3.8) is 0 Å². The Labute approximate surface area is 97.2 Å². The number of likely N-dealkylation sites (tertiary alicyclic amines) is 1. The number of aldehydes is 1. The van der Waals surface area contributed by atoms with Crippen LogP contribution in [0.1, 0.15) is 51.4 Å². The van der Waals surface area contributed by atoms with E-state index in [1.54, 1.807) is 0 Å². The Bertz CT molecular complexity index is 263. The van der Waals surface area contributed by atoms with Crippen LogP contribution in [-0.4, -0.2) is 29.7 Å². The fourth-order valence-electron chi connectivity index (χ4n) is 3.26. The van der Waals surface area contributed by atoms with Gasteiger partial charge in [0, 0.05) is 25.4 Å². The molecule has 1 saturated carbocycles. The Morgan fingerprint density at radius 3 is 2.75 bits per heavy atom. The number of carbonyl (C=O) groups is 2. The molecule has 1 heterocycles. The third-order valence-corrected chi connectivity index (χ3v) is 4.04. The summed E-state index contributed by atoms with van der Waals surface area (Å²) in [6, 6.07) is 0.488. The number of nitrogens with zero attached hydrogens (tertiary/aromatic N) is 1. The molecule has 1 amide bonds. The lowest BCUT2D eigenvalue weighted by Gasteiger charge is -2.44. The molecule has 3 nitrogen and oxygen atoms in total. The van der Waals surface area contributed by atoms with Crippen molar-refractivity contribution in [1.29, 1.82) is 0 Å². The van der Waals surface area contributed by atoms with Gasteiger partial charge in [-0.25, -0.2) is 0 Å². The van der Waals surface area contributed by atoms with Crippen LogP contribution in [0.15, 0.2) is 0 Å². The van der Waals surface area contributed by atoms with E-state index in [9.17, 15) is 9.59 Å². The predicted octanol–water partition coefficient (Wildman–Crippen LogP) is 2.15. The molecule has 3 heteroatoms. The summed E-state index contributed by atoms with van der Waals surface area (Å²) in [4.78, 5) is 24.3. The van der Waals surface area contributed by atoms with E-state index in [1.807, 2.05) is 0 Å². The summed E-state index contributed by atoms with van der Waals surface area (Å²) in [6.07, 6.45) is 9.14. The van der Waals surface area contributed by atoms with Crippen LogP contribution in [-0.2, 0) is 9.59 Å². The molecule has 16 heavy (non-hydrogen) atoms. The van der Waals surface area contributed by atoms with E-state index in [4.69, 9.17) is 0 Å². The van der Waals surface area contributed by atoms with Gasteiger partial charge >= 0.3 is 0 Å². The highest BCUT2D eigenvalue weighted by Crippen LogP contribution is 2.35. The van der Waals surface area contributed by atoms with Crippen molar-refractivity contribution >= 4 is 12.2 Å². The first-order valence-corrected chi connectivity index (χ1v) is 6.56. The van der Waals surface area contributed by atoms with Gasteiger partial charge in [0.2, 0.25) is 5.91 Å². The van der Waals surface area contributed by atoms with E-state index in [1.165, 1.54) is 32.1 Å². The third-order valence-electron chi connectivity index (χ3n) is 4.04. The monoisotopic (exact) mass is 223 g/mol. The molecule has 0 N–H and O–H groups in total. The number of fused-ring (bicyclic) bond motifs is 1. The zero-order valence-electron chi connectivity index (χ0n) is 9.86. The molecule has 0 aromatic rings. The van der Waals surface area contributed by atoms with Gasteiger partial charge in [-0.2, -0.15) is 0 Å². The average Bonchev–Trinajstić information content (AvgIpc) is 2.35. The normalized spacial score (nSPS) is 29.6. The minimum Gasteiger partial charge on any atom is -0.339 e. The van der Waals surface area contributed by atoms with Crippen molar-refractivity contribution in [2.24, 2.45) is 5.92 Å². The smallest absolute Gasteiger partial charge is 0.223 e. The van der Waals surface area contributed by atoms with Crippen LogP contribution < -0.4 is 0 Å². The first-order chi connectivity index (χ1) is 7.83. The van der Waals surface area contributed by atoms with Gasteiger partial charge < -0.3 is 9.69 Å². The number of hydrogen-bond donors (Lipinski definition) is 0. The van der Waals surface area contributed by atoms with Gasteiger partial charge in [0.15, 0.2) is 0 Å². The van der Waals surface area contributed by atoms with Crippen LogP contribution in [0.5, 0.6) is 0 Å².